The molecule has 2 rings (SSSR count). The maximum absolute atomic E-state index is 12.6. The number of hydrogen-bond acceptors (Lipinski definition) is 4. The molecule has 7 nitrogen and oxygen atoms in total. The zero-order valence-corrected chi connectivity index (χ0v) is 13.0. The second-order valence-electron chi connectivity index (χ2n) is 5.74. The van der Waals surface area contributed by atoms with Crippen molar-refractivity contribution in [2.45, 2.75) is 20.4 Å². The molecule has 1 heterocycles. The number of rotatable bonds is 5. The Balaban J connectivity index is 2.63. The predicted octanol–water partition coefficient (Wildman–Crippen LogP) is 1.05. The number of nitrogen functional groups attached to an aromatic ring is 1. The van der Waals surface area contributed by atoms with Gasteiger partial charge in [0, 0.05) is 18.4 Å². The summed E-state index contributed by atoms with van der Waals surface area (Å²) in [6.45, 7) is 4.07. The number of carbonyl (C=O) groups excluding carboxylic acids is 1. The summed E-state index contributed by atoms with van der Waals surface area (Å²) in [7, 11) is 0. The minimum absolute atomic E-state index is 0.114. The molecule has 1 aromatic heterocycles. The van der Waals surface area contributed by atoms with Gasteiger partial charge in [0.1, 0.15) is 12.1 Å². The Morgan fingerprint density at radius 1 is 1.35 bits per heavy atom. The highest BCUT2D eigenvalue weighted by atomic mass is 16.4. The van der Waals surface area contributed by atoms with Crippen LogP contribution >= 0.6 is 0 Å². The van der Waals surface area contributed by atoms with Gasteiger partial charge in [0.05, 0.1) is 10.9 Å². The van der Waals surface area contributed by atoms with Gasteiger partial charge in [-0.15, -0.1) is 0 Å². The molecule has 0 aliphatic carbocycles. The molecule has 0 saturated carbocycles. The van der Waals surface area contributed by atoms with Crippen molar-refractivity contribution in [3.63, 3.8) is 0 Å². The lowest BCUT2D eigenvalue weighted by molar-refractivity contribution is -0.135. The van der Waals surface area contributed by atoms with Gasteiger partial charge in [0.2, 0.25) is 5.43 Å². The Morgan fingerprint density at radius 3 is 2.65 bits per heavy atom. The molecular weight excluding hydrogens is 298 g/mol. The van der Waals surface area contributed by atoms with Crippen LogP contribution in [0.1, 0.15) is 24.2 Å². The van der Waals surface area contributed by atoms with Crippen molar-refractivity contribution in [1.29, 1.82) is 0 Å². The number of nitrogens with two attached hydrogens (primary N) is 1. The zero-order valence-electron chi connectivity index (χ0n) is 13.0. The molecular formula is C16H19N3O4. The lowest BCUT2D eigenvalue weighted by Crippen LogP contribution is -2.33. The molecule has 0 aliphatic heterocycles. The molecule has 0 aliphatic rings. The fraction of sp³-hybridized carbons (Fsp3) is 0.312. The first-order chi connectivity index (χ1) is 10.8. The number of anilines is 1. The van der Waals surface area contributed by atoms with Gasteiger partial charge in [0.25, 0.3) is 5.91 Å². The number of aromatic nitrogens is 1. The van der Waals surface area contributed by atoms with Gasteiger partial charge in [-0.05, 0) is 18.1 Å². The van der Waals surface area contributed by atoms with Crippen molar-refractivity contribution < 1.29 is 14.7 Å². The molecule has 23 heavy (non-hydrogen) atoms. The number of carbonyl (C=O) groups is 2. The number of nitrogens with zero attached hydrogens (tertiary/aromatic N) is 1. The average Bonchev–Trinajstić information content (AvgIpc) is 2.47. The van der Waals surface area contributed by atoms with Gasteiger partial charge in [-0.2, -0.15) is 0 Å². The molecule has 0 saturated heterocycles. The number of hydrogen-bond donors (Lipinski definition) is 3. The van der Waals surface area contributed by atoms with Crippen LogP contribution in [0.3, 0.4) is 0 Å². The Labute approximate surface area is 132 Å². The Morgan fingerprint density at radius 2 is 2.04 bits per heavy atom. The standard InChI is InChI=1S/C16H19N3O4/c1-9(2)7-19-8-10(16(23)18-6-13(20)21)15(22)14-11(17)4-3-5-12(14)19/h3-5,8-9H,6-7,17H2,1-2H3,(H,18,23)(H,20,21). The maximum Gasteiger partial charge on any atom is 0.322 e. The Kier molecular flexibility index (Phi) is 4.68. The van der Waals surface area contributed by atoms with Crippen LogP contribution in [0.4, 0.5) is 5.69 Å². The first-order valence-corrected chi connectivity index (χ1v) is 7.23. The smallest absolute Gasteiger partial charge is 0.322 e. The summed E-state index contributed by atoms with van der Waals surface area (Å²) in [4.78, 5) is 35.3. The van der Waals surface area contributed by atoms with Crippen LogP contribution in [-0.4, -0.2) is 28.1 Å². The summed E-state index contributed by atoms with van der Waals surface area (Å²) < 4.78 is 1.80. The summed E-state index contributed by atoms with van der Waals surface area (Å²) in [6, 6.07) is 5.12. The average molecular weight is 317 g/mol. The van der Waals surface area contributed by atoms with E-state index in [0.717, 1.165) is 0 Å². The van der Waals surface area contributed by atoms with E-state index in [1.165, 1.54) is 6.20 Å². The molecule has 0 unspecified atom stereocenters. The number of benzene rings is 1. The van der Waals surface area contributed by atoms with E-state index in [1.54, 1.807) is 22.8 Å². The number of amides is 1. The van der Waals surface area contributed by atoms with E-state index in [-0.39, 0.29) is 22.6 Å². The molecule has 0 atom stereocenters. The van der Waals surface area contributed by atoms with Crippen molar-refractivity contribution in [1.82, 2.24) is 9.88 Å². The fourth-order valence-corrected chi connectivity index (χ4v) is 2.42. The van der Waals surface area contributed by atoms with E-state index in [4.69, 9.17) is 10.8 Å². The van der Waals surface area contributed by atoms with Gasteiger partial charge in [-0.3, -0.25) is 14.4 Å². The van der Waals surface area contributed by atoms with Crippen molar-refractivity contribution in [2.75, 3.05) is 12.3 Å². The van der Waals surface area contributed by atoms with Crippen LogP contribution in [0, 0.1) is 5.92 Å². The van der Waals surface area contributed by atoms with E-state index in [1.807, 2.05) is 13.8 Å². The number of aliphatic carboxylic acids is 1. The zero-order chi connectivity index (χ0) is 17.1. The SMILES string of the molecule is CC(C)Cn1cc(C(=O)NCC(=O)O)c(=O)c2c(N)cccc21. The number of pyridine rings is 1. The molecule has 1 aromatic carbocycles. The minimum Gasteiger partial charge on any atom is -0.480 e. The fourth-order valence-electron chi connectivity index (χ4n) is 2.42. The number of carboxylic acid groups (broad SMARTS) is 1. The maximum atomic E-state index is 12.6. The molecule has 0 radical (unpaired) electrons. The van der Waals surface area contributed by atoms with Gasteiger partial charge in [0.15, 0.2) is 0 Å². The second kappa shape index (κ2) is 6.51. The van der Waals surface area contributed by atoms with E-state index < -0.39 is 23.9 Å². The van der Waals surface area contributed by atoms with E-state index in [9.17, 15) is 14.4 Å². The van der Waals surface area contributed by atoms with Crippen LogP contribution < -0.4 is 16.5 Å². The summed E-state index contributed by atoms with van der Waals surface area (Å²) >= 11 is 0. The first-order valence-electron chi connectivity index (χ1n) is 7.23. The lowest BCUT2D eigenvalue weighted by atomic mass is 10.1. The van der Waals surface area contributed by atoms with Crippen LogP contribution in [0.5, 0.6) is 0 Å². The number of nitrogens with one attached hydrogen (secondary N) is 1. The first kappa shape index (κ1) is 16.5. The molecule has 122 valence electrons. The van der Waals surface area contributed by atoms with Crippen molar-refractivity contribution in [3.8, 4) is 0 Å². The third-order valence-electron chi connectivity index (χ3n) is 3.35. The van der Waals surface area contributed by atoms with Gasteiger partial charge >= 0.3 is 5.97 Å². The summed E-state index contributed by atoms with van der Waals surface area (Å²) in [5, 5.41) is 11.1. The highest BCUT2D eigenvalue weighted by Crippen LogP contribution is 2.19. The van der Waals surface area contributed by atoms with Crippen LogP contribution in [0.15, 0.2) is 29.2 Å². The molecule has 0 fully saturated rings. The third-order valence-corrected chi connectivity index (χ3v) is 3.35. The van der Waals surface area contributed by atoms with Crippen molar-refractivity contribution >= 4 is 28.5 Å². The topological polar surface area (TPSA) is 114 Å². The largest absolute Gasteiger partial charge is 0.480 e. The Hall–Kier alpha value is -2.83. The van der Waals surface area contributed by atoms with Gasteiger partial charge in [-0.1, -0.05) is 19.9 Å². The predicted molar refractivity (Wildman–Crippen MR) is 87.4 cm³/mol. The van der Waals surface area contributed by atoms with Crippen molar-refractivity contribution in [2.24, 2.45) is 5.92 Å². The summed E-state index contributed by atoms with van der Waals surface area (Å²) in [5.74, 6) is -1.61. The molecule has 0 bridgehead atoms. The van der Waals surface area contributed by atoms with E-state index in [0.29, 0.717) is 12.1 Å². The minimum atomic E-state index is -1.18. The van der Waals surface area contributed by atoms with Crippen LogP contribution in [0.25, 0.3) is 10.9 Å². The Bertz CT molecular complexity index is 824. The third kappa shape index (κ3) is 3.50. The van der Waals surface area contributed by atoms with Crippen LogP contribution in [-0.2, 0) is 11.3 Å². The quantitative estimate of drug-likeness (QED) is 0.713. The monoisotopic (exact) mass is 317 g/mol. The molecule has 0 spiro atoms. The lowest BCUT2D eigenvalue weighted by Gasteiger charge is -2.16. The summed E-state index contributed by atoms with van der Waals surface area (Å²) in [5.41, 5.74) is 6.24. The highest BCUT2D eigenvalue weighted by molar-refractivity contribution is 6.00. The highest BCUT2D eigenvalue weighted by Gasteiger charge is 2.17. The normalized spacial score (nSPS) is 10.9. The molecule has 1 amide bonds. The number of carboxylic acids is 1. The molecule has 7 heteroatoms. The van der Waals surface area contributed by atoms with Gasteiger partial charge in [-0.25, -0.2) is 0 Å². The van der Waals surface area contributed by atoms with Gasteiger partial charge < -0.3 is 20.7 Å². The summed E-state index contributed by atoms with van der Waals surface area (Å²) in [6.07, 6.45) is 1.46. The van der Waals surface area contributed by atoms with E-state index in [2.05, 4.69) is 5.32 Å². The molecule has 2 aromatic rings. The second-order valence-corrected chi connectivity index (χ2v) is 5.74. The van der Waals surface area contributed by atoms with Crippen molar-refractivity contribution in [3.05, 3.63) is 40.2 Å². The van der Waals surface area contributed by atoms with Crippen LogP contribution in [0.2, 0.25) is 0 Å². The molecule has 4 N–H and O–H groups in total. The van der Waals surface area contributed by atoms with E-state index >= 15 is 0 Å². The number of fused-ring (bicyclic) bond motifs is 1.